The molecule has 2 rings (SSSR count). The van der Waals surface area contributed by atoms with Crippen molar-refractivity contribution < 1.29 is 21.2 Å². The molecule has 0 bridgehead atoms. The molecule has 0 aliphatic carbocycles. The fraction of sp³-hybridized carbons (Fsp3) is 0.400. The van der Waals surface area contributed by atoms with Crippen LogP contribution in [0.15, 0.2) is 23.1 Å². The lowest BCUT2D eigenvalue weighted by Crippen LogP contribution is -2.33. The maximum atomic E-state index is 13.3. The minimum atomic E-state index is -4.11. The maximum Gasteiger partial charge on any atom is 0.301 e. The molecule has 0 spiro atoms. The quantitative estimate of drug-likeness (QED) is 0.826. The summed E-state index contributed by atoms with van der Waals surface area (Å²) >= 11 is 0. The molecule has 1 aromatic carbocycles. The summed E-state index contributed by atoms with van der Waals surface area (Å²) in [6, 6.07) is 2.59. The molecule has 1 aliphatic rings. The van der Waals surface area contributed by atoms with Crippen LogP contribution in [0.4, 0.5) is 10.1 Å². The van der Waals surface area contributed by atoms with Crippen molar-refractivity contribution in [3.8, 4) is 0 Å². The molecule has 0 unspecified atom stereocenters. The van der Waals surface area contributed by atoms with E-state index in [-0.39, 0.29) is 5.69 Å². The van der Waals surface area contributed by atoms with Crippen molar-refractivity contribution in [2.24, 2.45) is 5.14 Å². The number of benzene rings is 1. The molecule has 1 saturated heterocycles. The largest absolute Gasteiger partial charge is 0.301 e. The lowest BCUT2D eigenvalue weighted by Gasteiger charge is -2.17. The van der Waals surface area contributed by atoms with E-state index in [0.717, 1.165) is 31.0 Å². The molecule has 0 radical (unpaired) electrons. The van der Waals surface area contributed by atoms with Gasteiger partial charge in [0.15, 0.2) is 0 Å². The van der Waals surface area contributed by atoms with Gasteiger partial charge >= 0.3 is 10.2 Å². The standard InChI is InChI=1S/C10H14FN3O4S2/c11-8-5-9(7-10(6-8)19(12,15)16)13-20(17,18)14-3-1-2-4-14/h5-7,13H,1-4H2,(H2,12,15,16). The Labute approximate surface area is 116 Å². The molecular formula is C10H14FN3O4S2. The number of hydrogen-bond donors (Lipinski definition) is 2. The molecule has 10 heteroatoms. The van der Waals surface area contributed by atoms with Crippen LogP contribution in [0, 0.1) is 5.82 Å². The van der Waals surface area contributed by atoms with Gasteiger partial charge in [0.1, 0.15) is 5.82 Å². The van der Waals surface area contributed by atoms with Crippen LogP contribution in [0.25, 0.3) is 0 Å². The van der Waals surface area contributed by atoms with Gasteiger partial charge in [-0.3, -0.25) is 4.72 Å². The van der Waals surface area contributed by atoms with Crippen LogP contribution in [0.3, 0.4) is 0 Å². The number of nitrogens with one attached hydrogen (secondary N) is 1. The van der Waals surface area contributed by atoms with Crippen LogP contribution in [0.1, 0.15) is 12.8 Å². The van der Waals surface area contributed by atoms with Crippen molar-refractivity contribution >= 4 is 25.9 Å². The summed E-state index contributed by atoms with van der Waals surface area (Å²) < 4.78 is 63.0. The van der Waals surface area contributed by atoms with E-state index in [2.05, 4.69) is 4.72 Å². The molecular weight excluding hydrogens is 309 g/mol. The smallest absolute Gasteiger partial charge is 0.271 e. The van der Waals surface area contributed by atoms with Crippen molar-refractivity contribution in [2.45, 2.75) is 17.7 Å². The van der Waals surface area contributed by atoms with Crippen LogP contribution in [-0.2, 0) is 20.2 Å². The molecule has 1 aliphatic heterocycles. The molecule has 1 heterocycles. The van der Waals surface area contributed by atoms with E-state index in [1.165, 1.54) is 4.31 Å². The molecule has 1 aromatic rings. The van der Waals surface area contributed by atoms with Crippen LogP contribution in [-0.4, -0.2) is 34.2 Å². The van der Waals surface area contributed by atoms with Gasteiger partial charge in [-0.25, -0.2) is 17.9 Å². The van der Waals surface area contributed by atoms with Crippen molar-refractivity contribution in [3.05, 3.63) is 24.0 Å². The summed E-state index contributed by atoms with van der Waals surface area (Å²) in [5.41, 5.74) is -0.180. The Morgan fingerprint density at radius 1 is 1.10 bits per heavy atom. The Morgan fingerprint density at radius 3 is 2.25 bits per heavy atom. The van der Waals surface area contributed by atoms with Gasteiger partial charge in [0.25, 0.3) is 0 Å². The second kappa shape index (κ2) is 5.28. The molecule has 0 saturated carbocycles. The van der Waals surface area contributed by atoms with E-state index < -0.39 is 30.9 Å². The Morgan fingerprint density at radius 2 is 1.70 bits per heavy atom. The third-order valence-corrected chi connectivity index (χ3v) is 5.28. The van der Waals surface area contributed by atoms with Crippen LogP contribution >= 0.6 is 0 Å². The predicted octanol–water partition coefficient (Wildman–Crippen LogP) is 0.226. The molecule has 112 valence electrons. The second-order valence-corrected chi connectivity index (χ2v) is 7.67. The predicted molar refractivity (Wildman–Crippen MR) is 71.1 cm³/mol. The average molecular weight is 323 g/mol. The van der Waals surface area contributed by atoms with E-state index in [9.17, 15) is 21.2 Å². The minimum absolute atomic E-state index is 0.180. The van der Waals surface area contributed by atoms with Gasteiger partial charge < -0.3 is 0 Å². The summed E-state index contributed by atoms with van der Waals surface area (Å²) in [7, 11) is -7.92. The highest BCUT2D eigenvalue weighted by molar-refractivity contribution is 7.90. The number of nitrogens with zero attached hydrogens (tertiary/aromatic N) is 1. The van der Waals surface area contributed by atoms with Gasteiger partial charge in [0.05, 0.1) is 10.6 Å². The first kappa shape index (κ1) is 15.2. The third kappa shape index (κ3) is 3.45. The lowest BCUT2D eigenvalue weighted by atomic mass is 10.3. The van der Waals surface area contributed by atoms with Crippen LogP contribution < -0.4 is 9.86 Å². The van der Waals surface area contributed by atoms with Gasteiger partial charge in [-0.15, -0.1) is 0 Å². The van der Waals surface area contributed by atoms with Gasteiger partial charge in [0, 0.05) is 13.1 Å². The summed E-state index contributed by atoms with van der Waals surface area (Å²) in [5.74, 6) is -0.893. The van der Waals surface area contributed by atoms with Gasteiger partial charge in [0.2, 0.25) is 10.0 Å². The molecule has 20 heavy (non-hydrogen) atoms. The fourth-order valence-electron chi connectivity index (χ4n) is 1.93. The third-order valence-electron chi connectivity index (χ3n) is 2.85. The Kier molecular flexibility index (Phi) is 4.00. The van der Waals surface area contributed by atoms with Gasteiger partial charge in [-0.1, -0.05) is 0 Å². The number of nitrogens with two attached hydrogens (primary N) is 1. The normalized spacial score (nSPS) is 17.3. The zero-order valence-electron chi connectivity index (χ0n) is 10.4. The summed E-state index contributed by atoms with van der Waals surface area (Å²) in [6.07, 6.45) is 1.51. The highest BCUT2D eigenvalue weighted by atomic mass is 32.2. The fourth-order valence-corrected chi connectivity index (χ4v) is 3.78. The van der Waals surface area contributed by atoms with E-state index in [1.54, 1.807) is 0 Å². The molecule has 0 aromatic heterocycles. The van der Waals surface area contributed by atoms with Crippen LogP contribution in [0.2, 0.25) is 0 Å². The SMILES string of the molecule is NS(=O)(=O)c1cc(F)cc(NS(=O)(=O)N2CCCC2)c1. The summed E-state index contributed by atoms with van der Waals surface area (Å²) in [6.45, 7) is 0.763. The zero-order chi connectivity index (χ0) is 15.0. The number of primary sulfonamides is 1. The van der Waals surface area contributed by atoms with E-state index in [0.29, 0.717) is 13.1 Å². The summed E-state index contributed by atoms with van der Waals surface area (Å²) in [5, 5.41) is 4.90. The van der Waals surface area contributed by atoms with Gasteiger partial charge in [-0.2, -0.15) is 12.7 Å². The van der Waals surface area contributed by atoms with E-state index in [1.807, 2.05) is 0 Å². The molecule has 1 fully saturated rings. The Bertz CT molecular complexity index is 712. The van der Waals surface area contributed by atoms with Crippen LogP contribution in [0.5, 0.6) is 0 Å². The van der Waals surface area contributed by atoms with Crippen molar-refractivity contribution in [1.82, 2.24) is 4.31 Å². The molecule has 0 atom stereocenters. The monoisotopic (exact) mass is 323 g/mol. The molecule has 3 N–H and O–H groups in total. The average Bonchev–Trinajstić information content (AvgIpc) is 2.79. The Hall–Kier alpha value is -1.23. The maximum absolute atomic E-state index is 13.3. The van der Waals surface area contributed by atoms with Crippen molar-refractivity contribution in [3.63, 3.8) is 0 Å². The summed E-state index contributed by atoms with van der Waals surface area (Å²) in [4.78, 5) is -0.489. The Balaban J connectivity index is 2.32. The molecule has 7 nitrogen and oxygen atoms in total. The minimum Gasteiger partial charge on any atom is -0.271 e. The number of sulfonamides is 1. The first-order valence-corrected chi connectivity index (χ1v) is 8.78. The number of halogens is 1. The lowest BCUT2D eigenvalue weighted by molar-refractivity contribution is 0.482. The number of anilines is 1. The first-order valence-electron chi connectivity index (χ1n) is 5.80. The topological polar surface area (TPSA) is 110 Å². The highest BCUT2D eigenvalue weighted by Gasteiger charge is 2.25. The number of hydrogen-bond acceptors (Lipinski definition) is 4. The molecule has 0 amide bonds. The van der Waals surface area contributed by atoms with Gasteiger partial charge in [-0.05, 0) is 31.0 Å². The first-order chi connectivity index (χ1) is 9.18. The van der Waals surface area contributed by atoms with E-state index >= 15 is 0 Å². The van der Waals surface area contributed by atoms with E-state index in [4.69, 9.17) is 5.14 Å². The zero-order valence-corrected chi connectivity index (χ0v) is 12.0. The number of rotatable bonds is 4. The van der Waals surface area contributed by atoms with Crippen molar-refractivity contribution in [2.75, 3.05) is 17.8 Å². The second-order valence-electron chi connectivity index (χ2n) is 4.43. The highest BCUT2D eigenvalue weighted by Crippen LogP contribution is 2.20. The van der Waals surface area contributed by atoms with Crippen molar-refractivity contribution in [1.29, 1.82) is 0 Å².